The highest BCUT2D eigenvalue weighted by molar-refractivity contribution is 7.11. The molecular formula is C19H22N2O3S. The molecule has 1 amide bonds. The molecule has 1 aliphatic carbocycles. The van der Waals surface area contributed by atoms with E-state index in [1.807, 2.05) is 24.3 Å². The fourth-order valence-electron chi connectivity index (χ4n) is 3.56. The largest absolute Gasteiger partial charge is 0.476 e. The van der Waals surface area contributed by atoms with Gasteiger partial charge in [0.05, 0.1) is 11.1 Å². The van der Waals surface area contributed by atoms with E-state index in [2.05, 4.69) is 24.1 Å². The first-order valence-corrected chi connectivity index (χ1v) is 9.41. The van der Waals surface area contributed by atoms with Crippen molar-refractivity contribution in [2.24, 2.45) is 11.3 Å². The van der Waals surface area contributed by atoms with E-state index in [0.29, 0.717) is 11.6 Å². The van der Waals surface area contributed by atoms with Crippen molar-refractivity contribution in [3.05, 3.63) is 34.7 Å². The Morgan fingerprint density at radius 2 is 1.84 bits per heavy atom. The molecule has 0 spiro atoms. The summed E-state index contributed by atoms with van der Waals surface area (Å²) in [6.07, 6.45) is 4.12. The van der Waals surface area contributed by atoms with Gasteiger partial charge >= 0.3 is 5.97 Å². The van der Waals surface area contributed by atoms with Gasteiger partial charge in [-0.25, -0.2) is 9.78 Å². The summed E-state index contributed by atoms with van der Waals surface area (Å²) in [7, 11) is 0. The van der Waals surface area contributed by atoms with Crippen molar-refractivity contribution in [1.82, 2.24) is 4.98 Å². The number of amides is 1. The quantitative estimate of drug-likeness (QED) is 0.814. The number of anilines is 1. The third kappa shape index (κ3) is 3.44. The smallest absolute Gasteiger partial charge is 0.365 e. The van der Waals surface area contributed by atoms with E-state index >= 15 is 0 Å². The van der Waals surface area contributed by atoms with Gasteiger partial charge in [-0.1, -0.05) is 38.8 Å². The molecule has 0 radical (unpaired) electrons. The molecule has 5 nitrogen and oxygen atoms in total. The molecule has 0 atom stereocenters. The zero-order chi connectivity index (χ0) is 18.0. The lowest BCUT2D eigenvalue weighted by Crippen LogP contribution is -2.38. The fourth-order valence-corrected chi connectivity index (χ4v) is 4.22. The molecule has 6 heteroatoms. The molecule has 2 N–H and O–H groups in total. The monoisotopic (exact) mass is 358 g/mol. The van der Waals surface area contributed by atoms with Gasteiger partial charge in [0.1, 0.15) is 0 Å². The Morgan fingerprint density at radius 1 is 1.20 bits per heavy atom. The van der Waals surface area contributed by atoms with Gasteiger partial charge in [-0.3, -0.25) is 4.79 Å². The van der Waals surface area contributed by atoms with E-state index in [0.717, 1.165) is 48.3 Å². The molecule has 3 rings (SSSR count). The van der Waals surface area contributed by atoms with Crippen molar-refractivity contribution >= 4 is 28.9 Å². The minimum Gasteiger partial charge on any atom is -0.476 e. The van der Waals surface area contributed by atoms with Crippen molar-refractivity contribution in [3.63, 3.8) is 0 Å². The number of nitrogens with zero attached hydrogens (tertiary/aromatic N) is 1. The Balaban J connectivity index is 1.74. The summed E-state index contributed by atoms with van der Waals surface area (Å²) < 4.78 is 0. The number of aromatic nitrogens is 1. The van der Waals surface area contributed by atoms with Crippen LogP contribution >= 0.6 is 11.3 Å². The number of aromatic carboxylic acids is 1. The van der Waals surface area contributed by atoms with Crippen LogP contribution in [0.3, 0.4) is 0 Å². The van der Waals surface area contributed by atoms with E-state index in [1.165, 1.54) is 0 Å². The molecule has 132 valence electrons. The summed E-state index contributed by atoms with van der Waals surface area (Å²) in [6.45, 7) is 4.24. The number of carbonyl (C=O) groups is 2. The summed E-state index contributed by atoms with van der Waals surface area (Å²) in [4.78, 5) is 27.9. The number of hydrogen-bond acceptors (Lipinski definition) is 4. The fraction of sp³-hybridized carbons (Fsp3) is 0.421. The molecule has 2 aromatic rings. The van der Waals surface area contributed by atoms with E-state index in [9.17, 15) is 9.59 Å². The maximum atomic E-state index is 12.8. The van der Waals surface area contributed by atoms with Gasteiger partial charge < -0.3 is 10.4 Å². The molecule has 0 saturated heterocycles. The molecule has 1 fully saturated rings. The first-order chi connectivity index (χ1) is 11.9. The van der Waals surface area contributed by atoms with Gasteiger partial charge in [-0.2, -0.15) is 0 Å². The highest BCUT2D eigenvalue weighted by Gasteiger charge is 2.43. The van der Waals surface area contributed by atoms with Gasteiger partial charge in [-0.05, 0) is 30.9 Å². The Morgan fingerprint density at radius 3 is 2.36 bits per heavy atom. The van der Waals surface area contributed by atoms with Crippen LogP contribution in [0.15, 0.2) is 29.6 Å². The lowest BCUT2D eigenvalue weighted by Gasteiger charge is -2.31. The van der Waals surface area contributed by atoms with Crippen molar-refractivity contribution in [2.45, 2.75) is 39.5 Å². The van der Waals surface area contributed by atoms with Gasteiger partial charge in [-0.15, -0.1) is 11.3 Å². The SMILES string of the molecule is CC(C)C1(C(=O)Nc2ccc(-c3csc(C(=O)O)n3)cc2)CCCC1. The average Bonchev–Trinajstić information content (AvgIpc) is 3.26. The first kappa shape index (κ1) is 17.6. The Hall–Kier alpha value is -2.21. The van der Waals surface area contributed by atoms with Crippen molar-refractivity contribution in [3.8, 4) is 11.3 Å². The molecule has 1 saturated carbocycles. The van der Waals surface area contributed by atoms with Crippen LogP contribution in [-0.4, -0.2) is 22.0 Å². The topological polar surface area (TPSA) is 79.3 Å². The third-order valence-electron chi connectivity index (χ3n) is 5.18. The number of benzene rings is 1. The van der Waals surface area contributed by atoms with Gasteiger partial charge in [0.2, 0.25) is 10.9 Å². The standard InChI is InChI=1S/C19H22N2O3S/c1-12(2)19(9-3-4-10-19)18(24)20-14-7-5-13(6-8-14)15-11-25-16(21-15)17(22)23/h5-8,11-12H,3-4,9-10H2,1-2H3,(H,20,24)(H,22,23). The maximum absolute atomic E-state index is 12.8. The number of hydrogen-bond donors (Lipinski definition) is 2. The van der Waals surface area contributed by atoms with Crippen LogP contribution in [0.1, 0.15) is 49.3 Å². The van der Waals surface area contributed by atoms with Crippen LogP contribution < -0.4 is 5.32 Å². The lowest BCUT2D eigenvalue weighted by molar-refractivity contribution is -0.127. The number of thiazole rings is 1. The molecule has 0 unspecified atom stereocenters. The number of carboxylic acid groups (broad SMARTS) is 1. The minimum absolute atomic E-state index is 0.0764. The van der Waals surface area contributed by atoms with E-state index in [1.54, 1.807) is 5.38 Å². The summed E-state index contributed by atoms with van der Waals surface area (Å²) in [6, 6.07) is 7.39. The van der Waals surface area contributed by atoms with Crippen molar-refractivity contribution < 1.29 is 14.7 Å². The molecule has 0 aliphatic heterocycles. The molecular weight excluding hydrogens is 336 g/mol. The Kier molecular flexibility index (Phi) is 4.90. The van der Waals surface area contributed by atoms with Gasteiger partial charge in [0.15, 0.2) is 0 Å². The van der Waals surface area contributed by atoms with E-state index < -0.39 is 5.97 Å². The molecule has 1 heterocycles. The van der Waals surface area contributed by atoms with Gasteiger partial charge in [0, 0.05) is 16.6 Å². The Labute approximate surface area is 151 Å². The lowest BCUT2D eigenvalue weighted by atomic mass is 9.75. The van der Waals surface area contributed by atoms with Crippen LogP contribution in [0.4, 0.5) is 5.69 Å². The summed E-state index contributed by atoms with van der Waals surface area (Å²) in [5.74, 6) is -0.594. The minimum atomic E-state index is -1.02. The number of nitrogens with one attached hydrogen (secondary N) is 1. The maximum Gasteiger partial charge on any atom is 0.365 e. The number of rotatable bonds is 5. The van der Waals surface area contributed by atoms with E-state index in [-0.39, 0.29) is 16.3 Å². The van der Waals surface area contributed by atoms with Crippen LogP contribution in [-0.2, 0) is 4.79 Å². The predicted octanol–water partition coefficient (Wildman–Crippen LogP) is 4.66. The van der Waals surface area contributed by atoms with E-state index in [4.69, 9.17) is 5.11 Å². The van der Waals surface area contributed by atoms with Crippen molar-refractivity contribution in [1.29, 1.82) is 0 Å². The first-order valence-electron chi connectivity index (χ1n) is 8.53. The third-order valence-corrected chi connectivity index (χ3v) is 6.01. The zero-order valence-corrected chi connectivity index (χ0v) is 15.2. The van der Waals surface area contributed by atoms with Crippen LogP contribution in [0.25, 0.3) is 11.3 Å². The second kappa shape index (κ2) is 6.96. The second-order valence-corrected chi connectivity index (χ2v) is 7.75. The van der Waals surface area contributed by atoms with Crippen molar-refractivity contribution in [2.75, 3.05) is 5.32 Å². The van der Waals surface area contributed by atoms with Crippen LogP contribution in [0, 0.1) is 11.3 Å². The molecule has 1 aromatic carbocycles. The van der Waals surface area contributed by atoms with Gasteiger partial charge in [0.25, 0.3) is 0 Å². The Bertz CT molecular complexity index is 774. The summed E-state index contributed by atoms with van der Waals surface area (Å²) in [5, 5.41) is 13.8. The highest BCUT2D eigenvalue weighted by atomic mass is 32.1. The predicted molar refractivity (Wildman–Crippen MR) is 98.9 cm³/mol. The number of carboxylic acids is 1. The molecule has 1 aromatic heterocycles. The van der Waals surface area contributed by atoms with Crippen LogP contribution in [0.5, 0.6) is 0 Å². The average molecular weight is 358 g/mol. The summed E-state index contributed by atoms with van der Waals surface area (Å²) in [5.41, 5.74) is 1.97. The normalized spacial score (nSPS) is 16.1. The zero-order valence-electron chi connectivity index (χ0n) is 14.4. The highest BCUT2D eigenvalue weighted by Crippen LogP contribution is 2.45. The van der Waals surface area contributed by atoms with Crippen LogP contribution in [0.2, 0.25) is 0 Å². The second-order valence-electron chi connectivity index (χ2n) is 6.89. The molecule has 0 bridgehead atoms. The number of carbonyl (C=O) groups excluding carboxylic acids is 1. The molecule has 1 aliphatic rings. The summed E-state index contributed by atoms with van der Waals surface area (Å²) >= 11 is 1.11. The molecule has 25 heavy (non-hydrogen) atoms.